The van der Waals surface area contributed by atoms with Gasteiger partial charge in [0.25, 0.3) is 0 Å². The van der Waals surface area contributed by atoms with Crippen LogP contribution in [0.25, 0.3) is 11.4 Å². The Kier molecular flexibility index (Phi) is 8.20. The van der Waals surface area contributed by atoms with E-state index in [1.807, 2.05) is 0 Å². The lowest BCUT2D eigenvalue weighted by molar-refractivity contribution is -0.147. The van der Waals surface area contributed by atoms with Crippen LogP contribution in [0.4, 0.5) is 20.7 Å². The molecule has 0 spiro atoms. The third kappa shape index (κ3) is 5.91. The first-order chi connectivity index (χ1) is 18.2. The second-order valence-corrected chi connectivity index (χ2v) is 9.37. The Balaban J connectivity index is 1.47. The topological polar surface area (TPSA) is 148 Å². The number of carboxylic acids is 1. The normalized spacial score (nSPS) is 17.9. The summed E-state index contributed by atoms with van der Waals surface area (Å²) in [4.78, 5) is 40.7. The van der Waals surface area contributed by atoms with Crippen LogP contribution in [-0.4, -0.2) is 43.1 Å². The Morgan fingerprint density at radius 1 is 1.13 bits per heavy atom. The minimum absolute atomic E-state index is 0.0455. The zero-order valence-electron chi connectivity index (χ0n) is 20.6. The molecule has 2 heterocycles. The number of halogens is 2. The van der Waals surface area contributed by atoms with E-state index in [0.29, 0.717) is 23.4 Å². The van der Waals surface area contributed by atoms with Gasteiger partial charge in [-0.1, -0.05) is 47.9 Å². The number of aliphatic carboxylic acids is 1. The number of pyridine rings is 1. The molecule has 38 heavy (non-hydrogen) atoms. The molecule has 0 aliphatic heterocycles. The van der Waals surface area contributed by atoms with Gasteiger partial charge in [0.2, 0.25) is 11.9 Å². The molecule has 3 aromatic rings. The smallest absolute Gasteiger partial charge is 0.413 e. The van der Waals surface area contributed by atoms with Crippen LogP contribution in [0.5, 0.6) is 0 Å². The molecule has 3 N–H and O–H groups in total. The number of hydrogen-bond donors (Lipinski definition) is 3. The molecule has 0 unspecified atom stereocenters. The molecule has 1 aliphatic rings. The fourth-order valence-corrected chi connectivity index (χ4v) is 4.74. The van der Waals surface area contributed by atoms with Crippen molar-refractivity contribution in [1.29, 1.82) is 0 Å². The number of ether oxygens (including phenoxy) is 1. The molecule has 1 fully saturated rings. The maximum atomic E-state index is 14.9. The summed E-state index contributed by atoms with van der Waals surface area (Å²) < 4.78 is 21.6. The Labute approximate surface area is 222 Å². The first kappa shape index (κ1) is 27.0. The molecule has 2 amide bonds. The number of anilines is 2. The van der Waals surface area contributed by atoms with Gasteiger partial charge in [0.05, 0.1) is 23.2 Å². The molecule has 1 aromatic carbocycles. The van der Waals surface area contributed by atoms with E-state index in [1.54, 1.807) is 31.2 Å². The number of aryl methyl sites for hydroxylation is 1. The zero-order chi connectivity index (χ0) is 27.4. The average Bonchev–Trinajstić information content (AvgIpc) is 3.24. The summed E-state index contributed by atoms with van der Waals surface area (Å²) in [5, 5.41) is 22.7. The molecular weight excluding hydrogens is 519 g/mol. The first-order valence-electron chi connectivity index (χ1n) is 12.0. The van der Waals surface area contributed by atoms with Gasteiger partial charge in [-0.25, -0.2) is 14.5 Å². The summed E-state index contributed by atoms with van der Waals surface area (Å²) in [5.41, 5.74) is 0.547. The van der Waals surface area contributed by atoms with Gasteiger partial charge in [0, 0.05) is 17.6 Å². The Hall–Kier alpha value is -4.06. The Bertz CT molecular complexity index is 1370. The highest BCUT2D eigenvalue weighted by Gasteiger charge is 2.36. The maximum absolute atomic E-state index is 14.9. The fraction of sp³-hybridized carbons (Fsp3) is 0.360. The van der Waals surface area contributed by atoms with E-state index in [0.717, 1.165) is 12.8 Å². The van der Waals surface area contributed by atoms with E-state index in [9.17, 15) is 23.9 Å². The monoisotopic (exact) mass is 544 g/mol. The number of nitrogens with zero attached hydrogens (tertiary/aromatic N) is 4. The minimum Gasteiger partial charge on any atom is -0.481 e. The van der Waals surface area contributed by atoms with Crippen LogP contribution < -0.4 is 10.6 Å². The second-order valence-electron chi connectivity index (χ2n) is 8.96. The molecule has 4 rings (SSSR count). The molecule has 1 aliphatic carbocycles. The Morgan fingerprint density at radius 3 is 2.53 bits per heavy atom. The molecule has 0 bridgehead atoms. The van der Waals surface area contributed by atoms with Gasteiger partial charge in [-0.3, -0.25) is 14.9 Å². The van der Waals surface area contributed by atoms with Gasteiger partial charge in [0.1, 0.15) is 6.10 Å². The zero-order valence-corrected chi connectivity index (χ0v) is 21.4. The van der Waals surface area contributed by atoms with Gasteiger partial charge in [-0.05, 0) is 38.0 Å². The predicted octanol–water partition coefficient (Wildman–Crippen LogP) is 4.81. The standard InChI is InChI=1S/C25H26ClFN6O5/c1-13(14-7-5-6-10-17(14)26)38-25(37)30-22-20(31-32-33(22)2)18-11-12-19(21(27)28-18)29-23(34)15-8-3-4-9-16(15)24(35)36/h5-7,10-13,15-16H,3-4,8-9H2,1-2H3,(H,29,34)(H,30,37)(H,35,36)/t13-,15+,16+/m1/s1. The number of rotatable bonds is 7. The number of aromatic nitrogens is 4. The van der Waals surface area contributed by atoms with Crippen LogP contribution in [0.3, 0.4) is 0 Å². The highest BCUT2D eigenvalue weighted by molar-refractivity contribution is 6.31. The van der Waals surface area contributed by atoms with Gasteiger partial charge >= 0.3 is 12.1 Å². The van der Waals surface area contributed by atoms with E-state index < -0.39 is 41.9 Å². The number of benzene rings is 1. The quantitative estimate of drug-likeness (QED) is 0.359. The van der Waals surface area contributed by atoms with Gasteiger partial charge in [-0.15, -0.1) is 5.10 Å². The van der Waals surface area contributed by atoms with E-state index in [4.69, 9.17) is 16.3 Å². The minimum atomic E-state index is -1.04. The van der Waals surface area contributed by atoms with Crippen molar-refractivity contribution >= 4 is 41.1 Å². The number of carbonyl (C=O) groups is 3. The Morgan fingerprint density at radius 2 is 1.84 bits per heavy atom. The third-order valence-corrected chi connectivity index (χ3v) is 6.79. The molecule has 0 saturated heterocycles. The largest absolute Gasteiger partial charge is 0.481 e. The lowest BCUT2D eigenvalue weighted by Crippen LogP contribution is -2.36. The van der Waals surface area contributed by atoms with Crippen LogP contribution in [0.2, 0.25) is 5.02 Å². The second kappa shape index (κ2) is 11.5. The molecule has 11 nitrogen and oxygen atoms in total. The highest BCUT2D eigenvalue weighted by atomic mass is 35.5. The van der Waals surface area contributed by atoms with Crippen molar-refractivity contribution in [1.82, 2.24) is 20.0 Å². The molecule has 200 valence electrons. The van der Waals surface area contributed by atoms with E-state index in [-0.39, 0.29) is 22.9 Å². The molecule has 13 heteroatoms. The third-order valence-electron chi connectivity index (χ3n) is 6.44. The number of carboxylic acid groups (broad SMARTS) is 1. The maximum Gasteiger partial charge on any atom is 0.413 e. The number of carbonyl (C=O) groups excluding carboxylic acids is 2. The fourth-order valence-electron chi connectivity index (χ4n) is 4.45. The van der Waals surface area contributed by atoms with E-state index in [2.05, 4.69) is 25.9 Å². The van der Waals surface area contributed by atoms with Crippen molar-refractivity contribution in [2.75, 3.05) is 10.6 Å². The van der Waals surface area contributed by atoms with Crippen molar-refractivity contribution in [3.8, 4) is 11.4 Å². The van der Waals surface area contributed by atoms with Crippen molar-refractivity contribution in [3.05, 3.63) is 52.9 Å². The summed E-state index contributed by atoms with van der Waals surface area (Å²) in [5.74, 6) is -4.06. The predicted molar refractivity (Wildman–Crippen MR) is 136 cm³/mol. The van der Waals surface area contributed by atoms with Gasteiger partial charge < -0.3 is 15.2 Å². The van der Waals surface area contributed by atoms with Crippen LogP contribution in [0.15, 0.2) is 36.4 Å². The van der Waals surface area contributed by atoms with Crippen LogP contribution >= 0.6 is 11.6 Å². The molecular formula is C25H26ClFN6O5. The molecule has 1 saturated carbocycles. The average molecular weight is 545 g/mol. The molecule has 0 radical (unpaired) electrons. The molecule has 2 aromatic heterocycles. The summed E-state index contributed by atoms with van der Waals surface area (Å²) >= 11 is 6.17. The van der Waals surface area contributed by atoms with Gasteiger partial charge in [0.15, 0.2) is 11.5 Å². The SMILES string of the molecule is C[C@@H](OC(=O)Nc1c(-c2ccc(NC(=O)[C@H]3CCCC[C@@H]3C(=O)O)c(F)n2)nnn1C)c1ccccc1Cl. The number of nitrogens with one attached hydrogen (secondary N) is 2. The number of amides is 2. The van der Waals surface area contributed by atoms with Crippen molar-refractivity contribution in [2.45, 2.75) is 38.7 Å². The van der Waals surface area contributed by atoms with Gasteiger partial charge in [-0.2, -0.15) is 4.39 Å². The lowest BCUT2D eigenvalue weighted by atomic mass is 9.78. The van der Waals surface area contributed by atoms with Crippen molar-refractivity contribution in [2.24, 2.45) is 18.9 Å². The summed E-state index contributed by atoms with van der Waals surface area (Å²) in [7, 11) is 1.53. The summed E-state index contributed by atoms with van der Waals surface area (Å²) in [6.07, 6.45) is 0.798. The number of hydrogen-bond acceptors (Lipinski definition) is 7. The lowest BCUT2D eigenvalue weighted by Gasteiger charge is -2.27. The van der Waals surface area contributed by atoms with Crippen LogP contribution in [0.1, 0.15) is 44.3 Å². The first-order valence-corrected chi connectivity index (χ1v) is 12.4. The van der Waals surface area contributed by atoms with Crippen molar-refractivity contribution < 1.29 is 28.6 Å². The van der Waals surface area contributed by atoms with E-state index in [1.165, 1.54) is 23.9 Å². The highest BCUT2D eigenvalue weighted by Crippen LogP contribution is 2.32. The van der Waals surface area contributed by atoms with Crippen LogP contribution in [-0.2, 0) is 21.4 Å². The molecule has 3 atom stereocenters. The van der Waals surface area contributed by atoms with Crippen molar-refractivity contribution in [3.63, 3.8) is 0 Å². The summed E-state index contributed by atoms with van der Waals surface area (Å²) in [6.45, 7) is 1.67. The van der Waals surface area contributed by atoms with Crippen LogP contribution in [0, 0.1) is 17.8 Å². The summed E-state index contributed by atoms with van der Waals surface area (Å²) in [6, 6.07) is 9.65. The van der Waals surface area contributed by atoms with E-state index >= 15 is 0 Å².